The Balaban J connectivity index is 2.67. The molecule has 0 aromatic rings. The van der Waals surface area contributed by atoms with Crippen molar-refractivity contribution in [1.82, 2.24) is 0 Å². The Hall–Kier alpha value is -1.56. The van der Waals surface area contributed by atoms with Crippen molar-refractivity contribution in [3.05, 3.63) is 12.3 Å². The number of carbonyl (C=O) groups excluding carboxylic acids is 2. The fraction of sp³-hybridized carbons (Fsp3) is 0.636. The molecule has 0 radical (unpaired) electrons. The van der Waals surface area contributed by atoms with Crippen molar-refractivity contribution >= 4 is 11.9 Å². The average molecular weight is 244 g/mol. The zero-order valence-electron chi connectivity index (χ0n) is 10.0. The molecule has 1 aliphatic heterocycles. The van der Waals surface area contributed by atoms with Crippen molar-refractivity contribution in [3.63, 3.8) is 0 Å². The molecule has 0 N–H and O–H groups in total. The molecule has 0 bridgehead atoms. The molecule has 0 aliphatic carbocycles. The lowest BCUT2D eigenvalue weighted by Gasteiger charge is -2.32. The predicted molar refractivity (Wildman–Crippen MR) is 57.0 cm³/mol. The summed E-state index contributed by atoms with van der Waals surface area (Å²) in [5.41, 5.74) is 0. The standard InChI is InChI=1S/C11H16O6/c1-7(12)16-6-10-11(17-8(2)13)9(14-3)4-5-15-10/h4-5,9-11H,6H2,1-3H3/t9-,10-,11+/m1/s1. The number of methoxy groups -OCH3 is 1. The fourth-order valence-electron chi connectivity index (χ4n) is 1.50. The Morgan fingerprint density at radius 1 is 1.29 bits per heavy atom. The molecular formula is C11H16O6. The van der Waals surface area contributed by atoms with Gasteiger partial charge in [0.1, 0.15) is 12.7 Å². The van der Waals surface area contributed by atoms with Crippen LogP contribution in [-0.4, -0.2) is 44.0 Å². The lowest BCUT2D eigenvalue weighted by molar-refractivity contribution is -0.170. The van der Waals surface area contributed by atoms with E-state index in [9.17, 15) is 9.59 Å². The van der Waals surface area contributed by atoms with E-state index in [0.29, 0.717) is 0 Å². The summed E-state index contributed by atoms with van der Waals surface area (Å²) in [6.45, 7) is 2.61. The molecule has 96 valence electrons. The summed E-state index contributed by atoms with van der Waals surface area (Å²) in [5.74, 6) is -0.859. The Morgan fingerprint density at radius 3 is 2.53 bits per heavy atom. The topological polar surface area (TPSA) is 71.1 Å². The maximum Gasteiger partial charge on any atom is 0.303 e. The van der Waals surface area contributed by atoms with Crippen LogP contribution in [0.3, 0.4) is 0 Å². The van der Waals surface area contributed by atoms with Crippen molar-refractivity contribution < 1.29 is 28.5 Å². The molecule has 0 aromatic carbocycles. The van der Waals surface area contributed by atoms with Crippen LogP contribution in [0.5, 0.6) is 0 Å². The van der Waals surface area contributed by atoms with E-state index in [1.165, 1.54) is 27.2 Å². The highest BCUT2D eigenvalue weighted by molar-refractivity contribution is 5.66. The monoisotopic (exact) mass is 244 g/mol. The van der Waals surface area contributed by atoms with E-state index in [-0.39, 0.29) is 6.61 Å². The fourth-order valence-corrected chi connectivity index (χ4v) is 1.50. The van der Waals surface area contributed by atoms with Gasteiger partial charge in [-0.1, -0.05) is 0 Å². The van der Waals surface area contributed by atoms with Gasteiger partial charge in [-0.2, -0.15) is 0 Å². The van der Waals surface area contributed by atoms with E-state index < -0.39 is 30.3 Å². The molecule has 0 unspecified atom stereocenters. The highest BCUT2D eigenvalue weighted by Gasteiger charge is 2.35. The molecule has 0 saturated carbocycles. The van der Waals surface area contributed by atoms with Gasteiger partial charge in [-0.3, -0.25) is 9.59 Å². The number of hydrogen-bond acceptors (Lipinski definition) is 6. The zero-order chi connectivity index (χ0) is 12.8. The Morgan fingerprint density at radius 2 is 2.00 bits per heavy atom. The molecule has 1 aliphatic rings. The predicted octanol–water partition coefficient (Wildman–Crippen LogP) is 0.409. The second-order valence-corrected chi connectivity index (χ2v) is 3.58. The first-order chi connectivity index (χ1) is 8.04. The van der Waals surface area contributed by atoms with Crippen LogP contribution in [0.1, 0.15) is 13.8 Å². The second kappa shape index (κ2) is 6.24. The summed E-state index contributed by atoms with van der Waals surface area (Å²) >= 11 is 0. The van der Waals surface area contributed by atoms with Crippen LogP contribution in [0.15, 0.2) is 12.3 Å². The maximum atomic E-state index is 11.0. The van der Waals surface area contributed by atoms with Crippen molar-refractivity contribution in [1.29, 1.82) is 0 Å². The summed E-state index contributed by atoms with van der Waals surface area (Å²) in [7, 11) is 1.50. The molecule has 0 fully saturated rings. The van der Waals surface area contributed by atoms with Gasteiger partial charge in [0.15, 0.2) is 12.2 Å². The van der Waals surface area contributed by atoms with Crippen LogP contribution >= 0.6 is 0 Å². The zero-order valence-corrected chi connectivity index (χ0v) is 10.0. The van der Waals surface area contributed by atoms with E-state index >= 15 is 0 Å². The number of rotatable bonds is 4. The lowest BCUT2D eigenvalue weighted by atomic mass is 10.1. The molecule has 6 heteroatoms. The van der Waals surface area contributed by atoms with Gasteiger partial charge in [-0.15, -0.1) is 0 Å². The van der Waals surface area contributed by atoms with Gasteiger partial charge in [0, 0.05) is 21.0 Å². The molecule has 1 rings (SSSR count). The lowest BCUT2D eigenvalue weighted by Crippen LogP contribution is -2.46. The molecule has 17 heavy (non-hydrogen) atoms. The SMILES string of the molecule is CO[C@@H]1C=CO[C@H](COC(C)=O)[C@H]1OC(C)=O. The van der Waals surface area contributed by atoms with Crippen molar-refractivity contribution in [2.75, 3.05) is 13.7 Å². The first kappa shape index (κ1) is 13.5. The third kappa shape index (κ3) is 4.07. The maximum absolute atomic E-state index is 11.0. The highest BCUT2D eigenvalue weighted by atomic mass is 16.6. The molecule has 0 saturated heterocycles. The normalized spacial score (nSPS) is 27.1. The third-order valence-corrected chi connectivity index (χ3v) is 2.24. The summed E-state index contributed by atoms with van der Waals surface area (Å²) in [6.07, 6.45) is 1.49. The molecule has 0 aromatic heterocycles. The van der Waals surface area contributed by atoms with Gasteiger partial charge in [0.25, 0.3) is 0 Å². The average Bonchev–Trinajstić information content (AvgIpc) is 2.26. The van der Waals surface area contributed by atoms with Crippen LogP contribution in [0.25, 0.3) is 0 Å². The molecular weight excluding hydrogens is 228 g/mol. The van der Waals surface area contributed by atoms with Crippen LogP contribution in [0, 0.1) is 0 Å². The van der Waals surface area contributed by atoms with Gasteiger partial charge in [-0.05, 0) is 6.08 Å². The van der Waals surface area contributed by atoms with Crippen LogP contribution in [-0.2, 0) is 28.5 Å². The van der Waals surface area contributed by atoms with E-state index in [1.807, 2.05) is 0 Å². The molecule has 6 nitrogen and oxygen atoms in total. The summed E-state index contributed by atoms with van der Waals surface area (Å²) in [4.78, 5) is 21.7. The van der Waals surface area contributed by atoms with Crippen LogP contribution in [0.4, 0.5) is 0 Å². The number of hydrogen-bond donors (Lipinski definition) is 0. The van der Waals surface area contributed by atoms with Crippen LogP contribution in [0.2, 0.25) is 0 Å². The minimum absolute atomic E-state index is 0.0114. The van der Waals surface area contributed by atoms with E-state index in [2.05, 4.69) is 0 Å². The van der Waals surface area contributed by atoms with Crippen molar-refractivity contribution in [3.8, 4) is 0 Å². The Kier molecular flexibility index (Phi) is 4.96. The van der Waals surface area contributed by atoms with Gasteiger partial charge in [-0.25, -0.2) is 0 Å². The second-order valence-electron chi connectivity index (χ2n) is 3.58. The Bertz CT molecular complexity index is 311. The summed E-state index contributed by atoms with van der Waals surface area (Å²) in [5, 5.41) is 0. The van der Waals surface area contributed by atoms with Gasteiger partial charge >= 0.3 is 11.9 Å². The van der Waals surface area contributed by atoms with Crippen LogP contribution < -0.4 is 0 Å². The minimum Gasteiger partial charge on any atom is -0.491 e. The smallest absolute Gasteiger partial charge is 0.303 e. The van der Waals surface area contributed by atoms with E-state index in [1.54, 1.807) is 6.08 Å². The molecule has 1 heterocycles. The highest BCUT2D eigenvalue weighted by Crippen LogP contribution is 2.19. The van der Waals surface area contributed by atoms with E-state index in [0.717, 1.165) is 0 Å². The number of carbonyl (C=O) groups is 2. The third-order valence-electron chi connectivity index (χ3n) is 2.24. The minimum atomic E-state index is -0.623. The molecule has 3 atom stereocenters. The van der Waals surface area contributed by atoms with E-state index in [4.69, 9.17) is 18.9 Å². The first-order valence-corrected chi connectivity index (χ1v) is 5.20. The Labute approximate surface area is 99.5 Å². The number of ether oxygens (including phenoxy) is 4. The van der Waals surface area contributed by atoms with Gasteiger partial charge < -0.3 is 18.9 Å². The summed E-state index contributed by atoms with van der Waals surface area (Å²) in [6, 6.07) is 0. The van der Waals surface area contributed by atoms with Gasteiger partial charge in [0.05, 0.1) is 6.26 Å². The largest absolute Gasteiger partial charge is 0.491 e. The molecule has 0 amide bonds. The number of esters is 2. The molecule has 0 spiro atoms. The quantitative estimate of drug-likeness (QED) is 0.667. The van der Waals surface area contributed by atoms with Crippen molar-refractivity contribution in [2.45, 2.75) is 32.2 Å². The first-order valence-electron chi connectivity index (χ1n) is 5.20. The van der Waals surface area contributed by atoms with Gasteiger partial charge in [0.2, 0.25) is 0 Å². The van der Waals surface area contributed by atoms with Crippen molar-refractivity contribution in [2.24, 2.45) is 0 Å². The summed E-state index contributed by atoms with van der Waals surface area (Å²) < 4.78 is 20.4.